The van der Waals surface area contributed by atoms with Crippen LogP contribution in [0.1, 0.15) is 19.3 Å². The van der Waals surface area contributed by atoms with Crippen molar-refractivity contribution in [3.05, 3.63) is 12.5 Å². The molecule has 0 bridgehead atoms. The van der Waals surface area contributed by atoms with Gasteiger partial charge in [0.1, 0.15) is 0 Å². The minimum atomic E-state index is -3.62. The molecule has 21 heavy (non-hydrogen) atoms. The molecule has 0 amide bonds. The molecule has 0 atom stereocenters. The van der Waals surface area contributed by atoms with Gasteiger partial charge in [0.15, 0.2) is 5.03 Å². The molecule has 118 valence electrons. The third kappa shape index (κ3) is 2.85. The lowest BCUT2D eigenvalue weighted by atomic mass is 10.4. The number of nitrogens with zero attached hydrogens (tertiary/aromatic N) is 3. The van der Waals surface area contributed by atoms with Gasteiger partial charge >= 0.3 is 0 Å². The number of nitrogens with one attached hydrogen (secondary N) is 1. The summed E-state index contributed by atoms with van der Waals surface area (Å²) < 4.78 is 52.0. The fourth-order valence-electron chi connectivity index (χ4n) is 2.46. The van der Waals surface area contributed by atoms with Gasteiger partial charge in [0.25, 0.3) is 10.0 Å². The summed E-state index contributed by atoms with van der Waals surface area (Å²) >= 11 is 0. The molecule has 1 aromatic rings. The Hall–Kier alpha value is -0.970. The van der Waals surface area contributed by atoms with Gasteiger partial charge in [0, 0.05) is 26.2 Å². The number of imidazole rings is 1. The first kappa shape index (κ1) is 14.9. The lowest BCUT2D eigenvalue weighted by Gasteiger charge is -2.21. The molecule has 0 unspecified atom stereocenters. The lowest BCUT2D eigenvalue weighted by molar-refractivity contribution is 0.403. The molecular formula is C11H18N4O4S2. The lowest BCUT2D eigenvalue weighted by Crippen LogP contribution is -2.38. The summed E-state index contributed by atoms with van der Waals surface area (Å²) in [4.78, 5) is 6.32. The van der Waals surface area contributed by atoms with Gasteiger partial charge in [-0.05, 0) is 19.3 Å². The van der Waals surface area contributed by atoms with Crippen molar-refractivity contribution in [3.8, 4) is 0 Å². The van der Waals surface area contributed by atoms with Crippen molar-refractivity contribution in [3.63, 3.8) is 0 Å². The van der Waals surface area contributed by atoms with Gasteiger partial charge in [-0.3, -0.25) is 0 Å². The van der Waals surface area contributed by atoms with Crippen LogP contribution in [0.5, 0.6) is 0 Å². The maximum Gasteiger partial charge on any atom is 0.260 e. The second-order valence-electron chi connectivity index (χ2n) is 5.32. The minimum Gasteiger partial charge on any atom is -0.335 e. The Labute approximate surface area is 124 Å². The summed E-state index contributed by atoms with van der Waals surface area (Å²) in [5, 5.41) is -0.214. The molecule has 1 aliphatic heterocycles. The molecule has 10 heteroatoms. The van der Waals surface area contributed by atoms with Crippen molar-refractivity contribution in [2.45, 2.75) is 29.5 Å². The first-order valence-electron chi connectivity index (χ1n) is 6.90. The Bertz CT molecular complexity index is 695. The molecule has 0 spiro atoms. The Morgan fingerprint density at radius 2 is 1.71 bits per heavy atom. The molecule has 2 fully saturated rings. The summed E-state index contributed by atoms with van der Waals surface area (Å²) in [6.45, 7) is 1.09. The van der Waals surface area contributed by atoms with E-state index in [1.807, 2.05) is 0 Å². The van der Waals surface area contributed by atoms with Crippen LogP contribution in [0, 0.1) is 0 Å². The standard InChI is InChI=1S/C11H18N4O4S2/c16-20(17,10-2-3-10)14-4-1-5-15(7-6-14)21(18,19)11-8-12-9-13-11/h8-10H,1-7H2,(H,12,13). The number of H-pyrrole nitrogens is 1. The molecule has 1 saturated heterocycles. The maximum atomic E-state index is 12.4. The predicted octanol–water partition coefficient (Wildman–Crippen LogP) is -0.402. The van der Waals surface area contributed by atoms with E-state index in [-0.39, 0.29) is 23.4 Å². The summed E-state index contributed by atoms with van der Waals surface area (Å²) in [7, 11) is -6.87. The van der Waals surface area contributed by atoms with Gasteiger partial charge in [-0.25, -0.2) is 26.1 Å². The average Bonchev–Trinajstić information content (AvgIpc) is 3.20. The molecule has 1 saturated carbocycles. The van der Waals surface area contributed by atoms with Crippen LogP contribution in [-0.2, 0) is 20.0 Å². The number of aromatic nitrogens is 2. The van der Waals surface area contributed by atoms with Gasteiger partial charge in [0.05, 0.1) is 17.8 Å². The van der Waals surface area contributed by atoms with Gasteiger partial charge in [0.2, 0.25) is 10.0 Å². The van der Waals surface area contributed by atoms with Crippen molar-refractivity contribution in [2.24, 2.45) is 0 Å². The monoisotopic (exact) mass is 334 g/mol. The number of sulfonamides is 2. The third-order valence-electron chi connectivity index (χ3n) is 3.81. The first-order valence-corrected chi connectivity index (χ1v) is 9.84. The van der Waals surface area contributed by atoms with E-state index in [4.69, 9.17) is 0 Å². The number of aromatic amines is 1. The molecule has 1 aromatic heterocycles. The Kier molecular flexibility index (Phi) is 3.80. The topological polar surface area (TPSA) is 103 Å². The zero-order chi connectivity index (χ0) is 15.1. The summed E-state index contributed by atoms with van der Waals surface area (Å²) in [6.07, 6.45) is 4.51. The SMILES string of the molecule is O=S(=O)(c1cnc[nH]1)N1CCCN(S(=O)(=O)C2CC2)CC1. The Morgan fingerprint density at radius 1 is 1.05 bits per heavy atom. The average molecular weight is 334 g/mol. The minimum absolute atomic E-state index is 0.0426. The van der Waals surface area contributed by atoms with Crippen molar-refractivity contribution in [2.75, 3.05) is 26.2 Å². The Morgan fingerprint density at radius 3 is 2.33 bits per heavy atom. The van der Waals surface area contributed by atoms with E-state index in [0.29, 0.717) is 19.5 Å². The van der Waals surface area contributed by atoms with Gasteiger partial charge < -0.3 is 4.98 Å². The van der Waals surface area contributed by atoms with E-state index in [1.54, 1.807) is 0 Å². The van der Waals surface area contributed by atoms with Crippen molar-refractivity contribution in [1.29, 1.82) is 0 Å². The van der Waals surface area contributed by atoms with Crippen LogP contribution in [0.25, 0.3) is 0 Å². The van der Waals surface area contributed by atoms with Crippen molar-refractivity contribution >= 4 is 20.0 Å². The van der Waals surface area contributed by atoms with Gasteiger partial charge in [-0.2, -0.15) is 4.31 Å². The highest BCUT2D eigenvalue weighted by atomic mass is 32.2. The van der Waals surface area contributed by atoms with E-state index in [9.17, 15) is 16.8 Å². The predicted molar refractivity (Wildman–Crippen MR) is 75.5 cm³/mol. The van der Waals surface area contributed by atoms with Crippen molar-refractivity contribution in [1.82, 2.24) is 18.6 Å². The molecule has 2 heterocycles. The van der Waals surface area contributed by atoms with E-state index >= 15 is 0 Å². The van der Waals surface area contributed by atoms with Crippen molar-refractivity contribution < 1.29 is 16.8 Å². The van der Waals surface area contributed by atoms with E-state index in [1.165, 1.54) is 21.1 Å². The van der Waals surface area contributed by atoms with Crippen LogP contribution in [0.15, 0.2) is 17.6 Å². The molecule has 8 nitrogen and oxygen atoms in total. The molecule has 1 N–H and O–H groups in total. The van der Waals surface area contributed by atoms with Gasteiger partial charge in [-0.15, -0.1) is 0 Å². The normalized spacial score (nSPS) is 23.0. The molecular weight excluding hydrogens is 316 g/mol. The first-order chi connectivity index (χ1) is 9.92. The fraction of sp³-hybridized carbons (Fsp3) is 0.727. The van der Waals surface area contributed by atoms with E-state index in [0.717, 1.165) is 12.8 Å². The molecule has 3 rings (SSSR count). The van der Waals surface area contributed by atoms with Crippen LogP contribution in [-0.4, -0.2) is 66.8 Å². The molecule has 2 aliphatic rings. The van der Waals surface area contributed by atoms with Crippen LogP contribution >= 0.6 is 0 Å². The summed E-state index contributed by atoms with van der Waals surface area (Å²) in [5.74, 6) is 0. The molecule has 1 aliphatic carbocycles. The second kappa shape index (κ2) is 5.34. The van der Waals surface area contributed by atoms with E-state index < -0.39 is 20.0 Å². The number of hydrogen-bond acceptors (Lipinski definition) is 5. The van der Waals surface area contributed by atoms with Crippen LogP contribution < -0.4 is 0 Å². The summed E-state index contributed by atoms with van der Waals surface area (Å²) in [5.41, 5.74) is 0. The zero-order valence-electron chi connectivity index (χ0n) is 11.5. The highest BCUT2D eigenvalue weighted by Gasteiger charge is 2.41. The summed E-state index contributed by atoms with van der Waals surface area (Å²) in [6, 6.07) is 0. The third-order valence-corrected chi connectivity index (χ3v) is 8.03. The largest absolute Gasteiger partial charge is 0.335 e. The van der Waals surface area contributed by atoms with Gasteiger partial charge in [-0.1, -0.05) is 0 Å². The fourth-order valence-corrected chi connectivity index (χ4v) is 5.70. The highest BCUT2D eigenvalue weighted by Crippen LogP contribution is 2.31. The Balaban J connectivity index is 1.74. The second-order valence-corrected chi connectivity index (χ2v) is 9.44. The highest BCUT2D eigenvalue weighted by molar-refractivity contribution is 7.90. The van der Waals surface area contributed by atoms with Crippen LogP contribution in [0.3, 0.4) is 0 Å². The van der Waals surface area contributed by atoms with Crippen LogP contribution in [0.2, 0.25) is 0 Å². The number of rotatable bonds is 4. The maximum absolute atomic E-state index is 12.4. The quantitative estimate of drug-likeness (QED) is 0.807. The number of hydrogen-bond donors (Lipinski definition) is 1. The zero-order valence-corrected chi connectivity index (χ0v) is 13.1. The smallest absolute Gasteiger partial charge is 0.260 e. The molecule has 0 aromatic carbocycles. The molecule has 0 radical (unpaired) electrons. The van der Waals surface area contributed by atoms with Crippen LogP contribution in [0.4, 0.5) is 0 Å². The van der Waals surface area contributed by atoms with E-state index in [2.05, 4.69) is 9.97 Å².